The molecule has 0 radical (unpaired) electrons. The summed E-state index contributed by atoms with van der Waals surface area (Å²) in [6, 6.07) is 7.91. The molecule has 7 heteroatoms. The molecule has 0 aliphatic carbocycles. The van der Waals surface area contributed by atoms with Gasteiger partial charge in [0.25, 0.3) is 0 Å². The average molecular weight is 336 g/mol. The Hall–Kier alpha value is -2.15. The quantitative estimate of drug-likeness (QED) is 0.932. The molecule has 122 valence electrons. The number of halogens is 1. The Morgan fingerprint density at radius 3 is 2.70 bits per heavy atom. The highest BCUT2D eigenvalue weighted by Crippen LogP contribution is 2.23. The number of hydrogen-bond acceptors (Lipinski definition) is 3. The first-order valence-corrected chi connectivity index (χ1v) is 9.18. The van der Waals surface area contributed by atoms with Crippen molar-refractivity contribution >= 4 is 21.4 Å². The Kier molecular flexibility index (Phi) is 4.21. The maximum Gasteiger partial charge on any atom is 0.224 e. The van der Waals surface area contributed by atoms with Crippen molar-refractivity contribution < 1.29 is 17.6 Å². The minimum atomic E-state index is -2.99. The molecule has 3 rings (SSSR count). The standard InChI is InChI=1S/C16H17FN2O3S/c17-14-4-3-13(10-15(14)19-6-1-2-7-19)18-16(20)9-12-5-8-23(21,22)11-12/h1-4,6-7,10,12H,5,8-9,11H2,(H,18,20). The van der Waals surface area contributed by atoms with E-state index < -0.39 is 9.84 Å². The summed E-state index contributed by atoms with van der Waals surface area (Å²) in [4.78, 5) is 12.1. The number of amides is 1. The molecule has 1 aromatic heterocycles. The van der Waals surface area contributed by atoms with Gasteiger partial charge in [-0.3, -0.25) is 4.79 Å². The van der Waals surface area contributed by atoms with Crippen molar-refractivity contribution in [1.82, 2.24) is 4.57 Å². The number of sulfone groups is 1. The minimum Gasteiger partial charge on any atom is -0.326 e. The van der Waals surface area contributed by atoms with Gasteiger partial charge in [0.15, 0.2) is 9.84 Å². The van der Waals surface area contributed by atoms with Gasteiger partial charge in [-0.05, 0) is 42.7 Å². The Labute approximate surface area is 134 Å². The molecule has 1 aromatic carbocycles. The van der Waals surface area contributed by atoms with Crippen molar-refractivity contribution in [2.24, 2.45) is 5.92 Å². The smallest absolute Gasteiger partial charge is 0.224 e. The molecule has 1 saturated heterocycles. The lowest BCUT2D eigenvalue weighted by Crippen LogP contribution is -2.17. The fourth-order valence-electron chi connectivity index (χ4n) is 2.79. The second kappa shape index (κ2) is 6.16. The fraction of sp³-hybridized carbons (Fsp3) is 0.312. The molecule has 1 unspecified atom stereocenters. The third kappa shape index (κ3) is 3.79. The zero-order valence-electron chi connectivity index (χ0n) is 12.4. The van der Waals surface area contributed by atoms with Crippen LogP contribution in [0.4, 0.5) is 10.1 Å². The summed E-state index contributed by atoms with van der Waals surface area (Å²) in [7, 11) is -2.99. The number of anilines is 1. The third-order valence-corrected chi connectivity index (χ3v) is 5.75. The number of nitrogens with one attached hydrogen (secondary N) is 1. The van der Waals surface area contributed by atoms with E-state index in [-0.39, 0.29) is 35.6 Å². The van der Waals surface area contributed by atoms with Crippen molar-refractivity contribution in [2.75, 3.05) is 16.8 Å². The Bertz CT molecular complexity index is 816. The van der Waals surface area contributed by atoms with Gasteiger partial charge in [0.2, 0.25) is 5.91 Å². The molecule has 1 aliphatic rings. The van der Waals surface area contributed by atoms with Crippen LogP contribution in [0.15, 0.2) is 42.7 Å². The third-order valence-electron chi connectivity index (χ3n) is 3.91. The van der Waals surface area contributed by atoms with Crippen molar-refractivity contribution in [3.8, 4) is 5.69 Å². The van der Waals surface area contributed by atoms with Crippen molar-refractivity contribution in [2.45, 2.75) is 12.8 Å². The van der Waals surface area contributed by atoms with E-state index in [4.69, 9.17) is 0 Å². The highest BCUT2D eigenvalue weighted by molar-refractivity contribution is 7.91. The summed E-state index contributed by atoms with van der Waals surface area (Å²) in [6.45, 7) is 0. The summed E-state index contributed by atoms with van der Waals surface area (Å²) < 4.78 is 38.3. The first-order chi connectivity index (χ1) is 10.9. The fourth-order valence-corrected chi connectivity index (χ4v) is 4.65. The second-order valence-corrected chi connectivity index (χ2v) is 8.01. The van der Waals surface area contributed by atoms with Gasteiger partial charge in [-0.15, -0.1) is 0 Å². The van der Waals surface area contributed by atoms with Crippen LogP contribution in [0.5, 0.6) is 0 Å². The van der Waals surface area contributed by atoms with Crippen molar-refractivity contribution in [3.63, 3.8) is 0 Å². The molecule has 2 heterocycles. The lowest BCUT2D eigenvalue weighted by molar-refractivity contribution is -0.116. The lowest BCUT2D eigenvalue weighted by atomic mass is 10.0. The van der Waals surface area contributed by atoms with Crippen molar-refractivity contribution in [1.29, 1.82) is 0 Å². The predicted molar refractivity (Wildman–Crippen MR) is 85.7 cm³/mol. The van der Waals surface area contributed by atoms with Crippen LogP contribution in [-0.2, 0) is 14.6 Å². The van der Waals surface area contributed by atoms with E-state index in [1.807, 2.05) is 0 Å². The SMILES string of the molecule is O=C(CC1CCS(=O)(=O)C1)Nc1ccc(F)c(-n2cccc2)c1. The minimum absolute atomic E-state index is 0.0679. The second-order valence-electron chi connectivity index (χ2n) is 5.78. The molecular formula is C16H17FN2O3S. The van der Waals surface area contributed by atoms with Crippen LogP contribution in [0, 0.1) is 11.7 Å². The highest BCUT2D eigenvalue weighted by Gasteiger charge is 2.29. The van der Waals surface area contributed by atoms with Crippen LogP contribution in [0.25, 0.3) is 5.69 Å². The normalized spacial score (nSPS) is 19.6. The van der Waals surface area contributed by atoms with E-state index >= 15 is 0 Å². The van der Waals surface area contributed by atoms with Gasteiger partial charge in [0.05, 0.1) is 17.2 Å². The van der Waals surface area contributed by atoms with E-state index in [2.05, 4.69) is 5.32 Å². The number of carbonyl (C=O) groups is 1. The molecule has 1 N–H and O–H groups in total. The van der Waals surface area contributed by atoms with Gasteiger partial charge in [-0.1, -0.05) is 0 Å². The number of rotatable bonds is 4. The summed E-state index contributed by atoms with van der Waals surface area (Å²) in [6.07, 6.45) is 4.12. The molecule has 1 fully saturated rings. The van der Waals surface area contributed by atoms with Crippen LogP contribution >= 0.6 is 0 Å². The summed E-state index contributed by atoms with van der Waals surface area (Å²) >= 11 is 0. The van der Waals surface area contributed by atoms with Crippen LogP contribution in [0.2, 0.25) is 0 Å². The molecule has 0 bridgehead atoms. The van der Waals surface area contributed by atoms with Gasteiger partial charge in [-0.2, -0.15) is 0 Å². The van der Waals surface area contributed by atoms with Gasteiger partial charge in [-0.25, -0.2) is 12.8 Å². The van der Waals surface area contributed by atoms with Gasteiger partial charge in [0, 0.05) is 24.5 Å². The summed E-state index contributed by atoms with van der Waals surface area (Å²) in [5.74, 6) is -0.555. The van der Waals surface area contributed by atoms with Gasteiger partial charge < -0.3 is 9.88 Å². The zero-order valence-corrected chi connectivity index (χ0v) is 13.2. The molecular weight excluding hydrogens is 319 g/mol. The van der Waals surface area contributed by atoms with Crippen LogP contribution in [-0.4, -0.2) is 30.4 Å². The molecule has 1 amide bonds. The van der Waals surface area contributed by atoms with Crippen LogP contribution in [0.1, 0.15) is 12.8 Å². The monoisotopic (exact) mass is 336 g/mol. The topological polar surface area (TPSA) is 68.2 Å². The van der Waals surface area contributed by atoms with E-state index in [9.17, 15) is 17.6 Å². The first-order valence-electron chi connectivity index (χ1n) is 7.36. The summed E-state index contributed by atoms with van der Waals surface area (Å²) in [5, 5.41) is 2.71. The molecule has 1 atom stereocenters. The highest BCUT2D eigenvalue weighted by atomic mass is 32.2. The number of hydrogen-bond donors (Lipinski definition) is 1. The Balaban J connectivity index is 1.68. The number of benzene rings is 1. The van der Waals surface area contributed by atoms with Gasteiger partial charge in [0.1, 0.15) is 5.82 Å². The number of aromatic nitrogens is 1. The molecule has 1 aliphatic heterocycles. The van der Waals surface area contributed by atoms with E-state index in [1.165, 1.54) is 12.1 Å². The maximum atomic E-state index is 13.9. The maximum absolute atomic E-state index is 13.9. The summed E-state index contributed by atoms with van der Waals surface area (Å²) in [5.41, 5.74) is 0.831. The molecule has 5 nitrogen and oxygen atoms in total. The predicted octanol–water partition coefficient (Wildman–Crippen LogP) is 2.38. The van der Waals surface area contributed by atoms with E-state index in [1.54, 1.807) is 35.2 Å². The van der Waals surface area contributed by atoms with E-state index in [0.717, 1.165) is 0 Å². The van der Waals surface area contributed by atoms with E-state index in [0.29, 0.717) is 17.8 Å². The molecule has 2 aromatic rings. The molecule has 0 spiro atoms. The lowest BCUT2D eigenvalue weighted by Gasteiger charge is -2.11. The molecule has 0 saturated carbocycles. The van der Waals surface area contributed by atoms with Crippen LogP contribution < -0.4 is 5.32 Å². The zero-order chi connectivity index (χ0) is 16.4. The van der Waals surface area contributed by atoms with Crippen molar-refractivity contribution in [3.05, 3.63) is 48.5 Å². The van der Waals surface area contributed by atoms with Gasteiger partial charge >= 0.3 is 0 Å². The Morgan fingerprint density at radius 2 is 2.04 bits per heavy atom. The number of carbonyl (C=O) groups excluding carboxylic acids is 1. The molecule has 23 heavy (non-hydrogen) atoms. The van der Waals surface area contributed by atoms with Crippen LogP contribution in [0.3, 0.4) is 0 Å². The Morgan fingerprint density at radius 1 is 1.30 bits per heavy atom. The largest absolute Gasteiger partial charge is 0.326 e. The number of nitrogens with zero attached hydrogens (tertiary/aromatic N) is 1. The average Bonchev–Trinajstić information content (AvgIpc) is 3.11. The first kappa shape index (κ1) is 15.7.